The number of rotatable bonds is 6. The number of esters is 1. The molecule has 0 spiro atoms. The molecule has 5 heteroatoms. The van der Waals surface area contributed by atoms with Crippen LogP contribution in [-0.2, 0) is 14.3 Å². The largest absolute Gasteiger partial charge is 0.466 e. The Labute approximate surface area is 115 Å². The van der Waals surface area contributed by atoms with Gasteiger partial charge < -0.3 is 10.1 Å². The number of nitrogens with zero attached hydrogens (tertiary/aromatic N) is 1. The number of hydrogen-bond donors (Lipinski definition) is 1. The quantitative estimate of drug-likeness (QED) is 0.740. The van der Waals surface area contributed by atoms with Crippen molar-refractivity contribution in [3.05, 3.63) is 0 Å². The van der Waals surface area contributed by atoms with Gasteiger partial charge in [-0.15, -0.1) is 0 Å². The van der Waals surface area contributed by atoms with E-state index in [9.17, 15) is 9.59 Å². The van der Waals surface area contributed by atoms with Gasteiger partial charge in [-0.1, -0.05) is 6.42 Å². The van der Waals surface area contributed by atoms with Crippen LogP contribution < -0.4 is 5.32 Å². The van der Waals surface area contributed by atoms with Crippen molar-refractivity contribution in [1.29, 1.82) is 0 Å². The first kappa shape index (κ1) is 16.0. The molecule has 0 bridgehead atoms. The first-order chi connectivity index (χ1) is 9.06. The minimum atomic E-state index is -0.257. The first-order valence-corrected chi connectivity index (χ1v) is 7.25. The van der Waals surface area contributed by atoms with Crippen LogP contribution in [-0.4, -0.2) is 48.6 Å². The van der Waals surface area contributed by atoms with E-state index >= 15 is 0 Å². The molecule has 1 aliphatic heterocycles. The van der Waals surface area contributed by atoms with Crippen molar-refractivity contribution in [2.75, 3.05) is 19.7 Å². The summed E-state index contributed by atoms with van der Waals surface area (Å²) in [4.78, 5) is 25.6. The van der Waals surface area contributed by atoms with E-state index in [1.165, 1.54) is 0 Å². The van der Waals surface area contributed by atoms with Gasteiger partial charge in [-0.25, -0.2) is 0 Å². The molecule has 1 rings (SSSR count). The Morgan fingerprint density at radius 2 is 2.11 bits per heavy atom. The summed E-state index contributed by atoms with van der Waals surface area (Å²) in [5.74, 6) is -0.218. The van der Waals surface area contributed by atoms with Crippen molar-refractivity contribution in [2.45, 2.75) is 58.5 Å². The first-order valence-electron chi connectivity index (χ1n) is 7.25. The fraction of sp³-hybridized carbons (Fsp3) is 0.857. The number of carbonyl (C=O) groups excluding carboxylic acids is 2. The number of amides is 1. The molecule has 1 unspecified atom stereocenters. The lowest BCUT2D eigenvalue weighted by atomic mass is 9.99. The van der Waals surface area contributed by atoms with Crippen LogP contribution in [0.15, 0.2) is 0 Å². The third-order valence-corrected chi connectivity index (χ3v) is 3.44. The third-order valence-electron chi connectivity index (χ3n) is 3.44. The zero-order valence-electron chi connectivity index (χ0n) is 12.3. The van der Waals surface area contributed by atoms with Crippen LogP contribution in [0.4, 0.5) is 0 Å². The second-order valence-corrected chi connectivity index (χ2v) is 5.19. The minimum absolute atomic E-state index is 0.0395. The van der Waals surface area contributed by atoms with Crippen molar-refractivity contribution in [2.24, 2.45) is 0 Å². The SMILES string of the molecule is CCOC(=O)CCNC(=O)C1CCCCN1C(C)C. The van der Waals surface area contributed by atoms with E-state index in [0.717, 1.165) is 25.8 Å². The molecule has 1 saturated heterocycles. The monoisotopic (exact) mass is 270 g/mol. The highest BCUT2D eigenvalue weighted by Crippen LogP contribution is 2.19. The van der Waals surface area contributed by atoms with Gasteiger partial charge >= 0.3 is 5.97 Å². The van der Waals surface area contributed by atoms with Crippen LogP contribution in [0.3, 0.4) is 0 Å². The van der Waals surface area contributed by atoms with Gasteiger partial charge in [0.2, 0.25) is 5.91 Å². The highest BCUT2D eigenvalue weighted by Gasteiger charge is 2.29. The van der Waals surface area contributed by atoms with Gasteiger partial charge in [0.15, 0.2) is 0 Å². The molecule has 0 radical (unpaired) electrons. The number of ether oxygens (including phenoxy) is 1. The Bertz CT molecular complexity index is 305. The summed E-state index contributed by atoms with van der Waals surface area (Å²) in [7, 11) is 0. The zero-order valence-corrected chi connectivity index (χ0v) is 12.3. The molecule has 1 heterocycles. The van der Waals surface area contributed by atoms with Gasteiger partial charge in [0, 0.05) is 12.6 Å². The average molecular weight is 270 g/mol. The van der Waals surface area contributed by atoms with Crippen LogP contribution in [0.2, 0.25) is 0 Å². The summed E-state index contributed by atoms with van der Waals surface area (Å²) in [5.41, 5.74) is 0. The van der Waals surface area contributed by atoms with Crippen LogP contribution in [0.25, 0.3) is 0 Å². The number of carbonyl (C=O) groups is 2. The number of likely N-dealkylation sites (tertiary alicyclic amines) is 1. The van der Waals surface area contributed by atoms with E-state index < -0.39 is 0 Å². The summed E-state index contributed by atoms with van der Waals surface area (Å²) >= 11 is 0. The Morgan fingerprint density at radius 3 is 2.74 bits per heavy atom. The van der Waals surface area contributed by atoms with Crippen molar-refractivity contribution < 1.29 is 14.3 Å². The summed E-state index contributed by atoms with van der Waals surface area (Å²) in [5, 5.41) is 2.85. The molecular formula is C14H26N2O3. The second kappa shape index (κ2) is 8.15. The molecule has 5 nitrogen and oxygen atoms in total. The van der Waals surface area contributed by atoms with E-state index in [-0.39, 0.29) is 24.3 Å². The molecule has 0 aromatic carbocycles. The topological polar surface area (TPSA) is 58.6 Å². The van der Waals surface area contributed by atoms with Crippen molar-refractivity contribution in [1.82, 2.24) is 10.2 Å². The van der Waals surface area contributed by atoms with Crippen molar-refractivity contribution in [3.8, 4) is 0 Å². The summed E-state index contributed by atoms with van der Waals surface area (Å²) in [6.07, 6.45) is 3.40. The number of nitrogens with one attached hydrogen (secondary N) is 1. The maximum Gasteiger partial charge on any atom is 0.307 e. The van der Waals surface area contributed by atoms with Crippen LogP contribution in [0.5, 0.6) is 0 Å². The molecule has 1 atom stereocenters. The van der Waals surface area contributed by atoms with Crippen molar-refractivity contribution in [3.63, 3.8) is 0 Å². The van der Waals surface area contributed by atoms with Gasteiger partial charge in [-0.3, -0.25) is 14.5 Å². The molecule has 19 heavy (non-hydrogen) atoms. The highest BCUT2D eigenvalue weighted by molar-refractivity contribution is 5.82. The summed E-state index contributed by atoms with van der Waals surface area (Å²) in [6.45, 7) is 7.73. The van der Waals surface area contributed by atoms with Gasteiger partial charge in [-0.05, 0) is 40.2 Å². The fourth-order valence-electron chi connectivity index (χ4n) is 2.49. The molecule has 0 saturated carbocycles. The molecule has 0 aromatic heterocycles. The third kappa shape index (κ3) is 5.19. The highest BCUT2D eigenvalue weighted by atomic mass is 16.5. The normalized spacial score (nSPS) is 20.3. The molecule has 1 fully saturated rings. The van der Waals surface area contributed by atoms with Crippen LogP contribution in [0.1, 0.15) is 46.5 Å². The smallest absolute Gasteiger partial charge is 0.307 e. The summed E-state index contributed by atoms with van der Waals surface area (Å²) < 4.78 is 4.83. The van der Waals surface area contributed by atoms with E-state index in [4.69, 9.17) is 4.74 Å². The Morgan fingerprint density at radius 1 is 1.37 bits per heavy atom. The van der Waals surface area contributed by atoms with E-state index in [1.807, 2.05) is 0 Å². The van der Waals surface area contributed by atoms with Crippen molar-refractivity contribution >= 4 is 11.9 Å². The molecule has 1 amide bonds. The van der Waals surface area contributed by atoms with Crippen LogP contribution in [0, 0.1) is 0 Å². The van der Waals surface area contributed by atoms with E-state index in [0.29, 0.717) is 19.2 Å². The molecule has 110 valence electrons. The second-order valence-electron chi connectivity index (χ2n) is 5.19. The van der Waals surface area contributed by atoms with Crippen LogP contribution >= 0.6 is 0 Å². The molecule has 0 aliphatic carbocycles. The van der Waals surface area contributed by atoms with Gasteiger partial charge in [0.05, 0.1) is 19.1 Å². The Hall–Kier alpha value is -1.10. The Balaban J connectivity index is 2.36. The fourth-order valence-corrected chi connectivity index (χ4v) is 2.49. The van der Waals surface area contributed by atoms with Gasteiger partial charge in [-0.2, -0.15) is 0 Å². The lowest BCUT2D eigenvalue weighted by Gasteiger charge is -2.37. The number of piperidine rings is 1. The maximum absolute atomic E-state index is 12.1. The number of hydrogen-bond acceptors (Lipinski definition) is 4. The van der Waals surface area contributed by atoms with Gasteiger partial charge in [0.1, 0.15) is 0 Å². The van der Waals surface area contributed by atoms with Gasteiger partial charge in [0.25, 0.3) is 0 Å². The standard InChI is InChI=1S/C14H26N2O3/c1-4-19-13(17)8-9-15-14(18)12-7-5-6-10-16(12)11(2)3/h11-12H,4-10H2,1-3H3,(H,15,18). The molecular weight excluding hydrogens is 244 g/mol. The summed E-state index contributed by atoms with van der Waals surface area (Å²) in [6, 6.07) is 0.331. The maximum atomic E-state index is 12.1. The zero-order chi connectivity index (χ0) is 14.3. The lowest BCUT2D eigenvalue weighted by molar-refractivity contribution is -0.143. The average Bonchev–Trinajstić information content (AvgIpc) is 2.38. The van der Waals surface area contributed by atoms with E-state index in [1.54, 1.807) is 6.92 Å². The van der Waals surface area contributed by atoms with E-state index in [2.05, 4.69) is 24.1 Å². The lowest BCUT2D eigenvalue weighted by Crippen LogP contribution is -2.52. The molecule has 1 aliphatic rings. The Kier molecular flexibility index (Phi) is 6.84. The predicted octanol–water partition coefficient (Wildman–Crippen LogP) is 1.32. The predicted molar refractivity (Wildman–Crippen MR) is 73.7 cm³/mol. The minimum Gasteiger partial charge on any atom is -0.466 e. The molecule has 0 aromatic rings. The molecule has 1 N–H and O–H groups in total.